The summed E-state index contributed by atoms with van der Waals surface area (Å²) in [4.78, 5) is 22.0. The lowest BCUT2D eigenvalue weighted by Gasteiger charge is -2.25. The number of carbonyl (C=O) groups excluding carboxylic acids is 1. The van der Waals surface area contributed by atoms with E-state index in [-0.39, 0.29) is 6.42 Å². The summed E-state index contributed by atoms with van der Waals surface area (Å²) in [7, 11) is 3.21. The lowest BCUT2D eigenvalue weighted by atomic mass is 9.82. The molecule has 1 aliphatic carbocycles. The highest BCUT2D eigenvalue weighted by Crippen LogP contribution is 2.40. The van der Waals surface area contributed by atoms with Crippen molar-refractivity contribution in [1.82, 2.24) is 0 Å². The lowest BCUT2D eigenvalue weighted by Crippen LogP contribution is -2.13. The van der Waals surface area contributed by atoms with Gasteiger partial charge in [0.05, 0.1) is 14.2 Å². The van der Waals surface area contributed by atoms with Crippen LogP contribution >= 0.6 is 0 Å². The van der Waals surface area contributed by atoms with Gasteiger partial charge < -0.3 is 14.6 Å². The Balaban J connectivity index is 2.28. The molecule has 0 aliphatic heterocycles. The normalized spacial score (nSPS) is 15.2. The number of carbonyl (C=O) groups is 2. The maximum Gasteiger partial charge on any atom is 0.372 e. The first-order valence-corrected chi connectivity index (χ1v) is 8.07. The molecule has 0 radical (unpaired) electrons. The molecule has 1 aromatic rings. The van der Waals surface area contributed by atoms with Crippen LogP contribution in [0.15, 0.2) is 12.1 Å². The Morgan fingerprint density at radius 2 is 1.74 bits per heavy atom. The molecule has 126 valence electrons. The zero-order valence-electron chi connectivity index (χ0n) is 13.8. The molecule has 0 amide bonds. The summed E-state index contributed by atoms with van der Waals surface area (Å²) in [5.74, 6) is -0.257. The Hall–Kier alpha value is -2.04. The largest absolute Gasteiger partial charge is 0.496 e. The minimum absolute atomic E-state index is 0.0257. The average Bonchev–Trinajstić information content (AvgIpc) is 2.59. The first-order valence-electron chi connectivity index (χ1n) is 8.07. The lowest BCUT2D eigenvalue weighted by molar-refractivity contribution is -0.149. The van der Waals surface area contributed by atoms with Gasteiger partial charge in [0, 0.05) is 12.5 Å². The molecule has 5 nitrogen and oxygen atoms in total. The number of Topliss-reactive ketones (excluding diaryl/α,β-unsaturated/α-hetero) is 1. The maximum atomic E-state index is 11.4. The number of carboxylic acids is 1. The summed E-state index contributed by atoms with van der Waals surface area (Å²) in [6.07, 6.45) is 6.31. The summed E-state index contributed by atoms with van der Waals surface area (Å²) < 4.78 is 10.9. The van der Waals surface area contributed by atoms with Gasteiger partial charge in [-0.2, -0.15) is 0 Å². The van der Waals surface area contributed by atoms with Gasteiger partial charge in [-0.05, 0) is 42.4 Å². The van der Waals surface area contributed by atoms with Crippen LogP contribution < -0.4 is 9.47 Å². The molecule has 5 heteroatoms. The van der Waals surface area contributed by atoms with Crippen LogP contribution in [0.4, 0.5) is 0 Å². The van der Waals surface area contributed by atoms with Crippen LogP contribution in [0.1, 0.15) is 55.6 Å². The van der Waals surface area contributed by atoms with Crippen molar-refractivity contribution in [3.63, 3.8) is 0 Å². The van der Waals surface area contributed by atoms with Crippen LogP contribution in [0, 0.1) is 0 Å². The summed E-state index contributed by atoms with van der Waals surface area (Å²) >= 11 is 0. The van der Waals surface area contributed by atoms with E-state index in [1.807, 2.05) is 12.1 Å². The Bertz CT molecular complexity index is 573. The van der Waals surface area contributed by atoms with Gasteiger partial charge in [0.15, 0.2) is 0 Å². The second kappa shape index (κ2) is 7.99. The topological polar surface area (TPSA) is 72.8 Å². The van der Waals surface area contributed by atoms with E-state index in [4.69, 9.17) is 14.6 Å². The number of aliphatic carboxylic acids is 1. The highest BCUT2D eigenvalue weighted by atomic mass is 16.5. The van der Waals surface area contributed by atoms with Crippen molar-refractivity contribution in [3.05, 3.63) is 23.3 Å². The van der Waals surface area contributed by atoms with Gasteiger partial charge >= 0.3 is 5.97 Å². The fourth-order valence-corrected chi connectivity index (χ4v) is 3.27. The van der Waals surface area contributed by atoms with E-state index in [1.165, 1.54) is 19.3 Å². The number of hydrogen-bond acceptors (Lipinski definition) is 4. The smallest absolute Gasteiger partial charge is 0.372 e. The number of ketones is 1. The van der Waals surface area contributed by atoms with E-state index in [2.05, 4.69) is 0 Å². The van der Waals surface area contributed by atoms with Crippen LogP contribution in [-0.4, -0.2) is 31.1 Å². The summed E-state index contributed by atoms with van der Waals surface area (Å²) in [6, 6.07) is 3.88. The highest BCUT2D eigenvalue weighted by molar-refractivity contribution is 6.32. The fraction of sp³-hybridized carbons (Fsp3) is 0.556. The molecule has 23 heavy (non-hydrogen) atoms. The van der Waals surface area contributed by atoms with Crippen LogP contribution in [0.5, 0.6) is 11.5 Å². The van der Waals surface area contributed by atoms with Gasteiger partial charge in [0.2, 0.25) is 5.78 Å². The summed E-state index contributed by atoms with van der Waals surface area (Å²) in [6.45, 7) is 0. The monoisotopic (exact) mass is 320 g/mol. The van der Waals surface area contributed by atoms with E-state index in [1.54, 1.807) is 14.2 Å². The Morgan fingerprint density at radius 1 is 1.09 bits per heavy atom. The Kier molecular flexibility index (Phi) is 6.02. The van der Waals surface area contributed by atoms with E-state index in [0.29, 0.717) is 18.1 Å². The number of hydrogen-bond donors (Lipinski definition) is 1. The van der Waals surface area contributed by atoms with Crippen LogP contribution in [-0.2, 0) is 16.0 Å². The van der Waals surface area contributed by atoms with Gasteiger partial charge in [0.1, 0.15) is 11.5 Å². The van der Waals surface area contributed by atoms with Gasteiger partial charge in [-0.1, -0.05) is 19.3 Å². The molecule has 1 aromatic carbocycles. The number of benzene rings is 1. The minimum Gasteiger partial charge on any atom is -0.496 e. The summed E-state index contributed by atoms with van der Waals surface area (Å²) in [5.41, 5.74) is 2.01. The number of carboxylic acid groups (broad SMARTS) is 1. The number of ether oxygens (including phenoxy) is 2. The van der Waals surface area contributed by atoms with Crippen molar-refractivity contribution in [2.45, 2.75) is 50.9 Å². The van der Waals surface area contributed by atoms with Crippen molar-refractivity contribution in [1.29, 1.82) is 0 Å². The predicted molar refractivity (Wildman–Crippen MR) is 86.3 cm³/mol. The van der Waals surface area contributed by atoms with Gasteiger partial charge in [-0.25, -0.2) is 4.79 Å². The molecule has 1 N–H and O–H groups in total. The van der Waals surface area contributed by atoms with Crippen molar-refractivity contribution in [3.8, 4) is 11.5 Å². The van der Waals surface area contributed by atoms with Crippen molar-refractivity contribution in [2.75, 3.05) is 14.2 Å². The van der Waals surface area contributed by atoms with Crippen LogP contribution in [0.25, 0.3) is 0 Å². The first-order chi connectivity index (χ1) is 11.1. The second-order valence-corrected chi connectivity index (χ2v) is 5.97. The molecule has 0 saturated heterocycles. The third kappa shape index (κ3) is 4.24. The molecule has 0 atom stereocenters. The van der Waals surface area contributed by atoms with Gasteiger partial charge in [0.25, 0.3) is 0 Å². The third-order valence-corrected chi connectivity index (χ3v) is 4.54. The molecule has 1 fully saturated rings. The molecule has 0 heterocycles. The Labute approximate surface area is 136 Å². The first kappa shape index (κ1) is 17.3. The van der Waals surface area contributed by atoms with E-state index >= 15 is 0 Å². The molecular weight excluding hydrogens is 296 g/mol. The van der Waals surface area contributed by atoms with E-state index < -0.39 is 11.8 Å². The number of aryl methyl sites for hydroxylation is 1. The van der Waals surface area contributed by atoms with E-state index in [0.717, 1.165) is 29.7 Å². The van der Waals surface area contributed by atoms with Crippen molar-refractivity contribution < 1.29 is 24.2 Å². The average molecular weight is 320 g/mol. The highest BCUT2D eigenvalue weighted by Gasteiger charge is 2.22. The predicted octanol–water partition coefficient (Wildman–Crippen LogP) is 3.34. The van der Waals surface area contributed by atoms with Gasteiger partial charge in [-0.15, -0.1) is 0 Å². The second-order valence-electron chi connectivity index (χ2n) is 5.97. The third-order valence-electron chi connectivity index (χ3n) is 4.54. The fourth-order valence-electron chi connectivity index (χ4n) is 3.27. The molecule has 0 unspecified atom stereocenters. The molecule has 1 aliphatic rings. The molecule has 0 aromatic heterocycles. The van der Waals surface area contributed by atoms with Gasteiger partial charge in [-0.3, -0.25) is 4.79 Å². The summed E-state index contributed by atoms with van der Waals surface area (Å²) in [5, 5.41) is 8.73. The Morgan fingerprint density at radius 3 is 2.30 bits per heavy atom. The molecule has 0 spiro atoms. The van der Waals surface area contributed by atoms with Crippen LogP contribution in [0.2, 0.25) is 0 Å². The zero-order valence-corrected chi connectivity index (χ0v) is 13.8. The standard InChI is InChI=1S/C18H24O5/c1-22-16-11-17(23-2)14(12-6-4-3-5-7-12)10-13(16)8-9-15(19)18(20)21/h10-12H,3-9H2,1-2H3,(H,20,21). The molecule has 1 saturated carbocycles. The van der Waals surface area contributed by atoms with Crippen molar-refractivity contribution in [2.24, 2.45) is 0 Å². The maximum absolute atomic E-state index is 11.4. The quantitative estimate of drug-likeness (QED) is 0.780. The van der Waals surface area contributed by atoms with Crippen LogP contribution in [0.3, 0.4) is 0 Å². The van der Waals surface area contributed by atoms with E-state index in [9.17, 15) is 9.59 Å². The zero-order chi connectivity index (χ0) is 16.8. The van der Waals surface area contributed by atoms with Crippen molar-refractivity contribution >= 4 is 11.8 Å². The molecule has 2 rings (SSSR count). The molecule has 0 bridgehead atoms. The SMILES string of the molecule is COc1cc(OC)c(C2CCCCC2)cc1CCC(=O)C(=O)O. The number of rotatable bonds is 7. The number of methoxy groups -OCH3 is 2. The molecular formula is C18H24O5. The minimum atomic E-state index is -1.38.